The lowest BCUT2D eigenvalue weighted by Crippen LogP contribution is -2.36. The number of carboxylic acids is 1. The van der Waals surface area contributed by atoms with Crippen molar-refractivity contribution in [2.45, 2.75) is 71.4 Å². The average molecular weight is 537 g/mol. The van der Waals surface area contributed by atoms with Crippen molar-refractivity contribution < 1.29 is 14.7 Å². The molecule has 40 heavy (non-hydrogen) atoms. The number of benzene rings is 3. The first-order chi connectivity index (χ1) is 19.3. The summed E-state index contributed by atoms with van der Waals surface area (Å²) in [6, 6.07) is 20.4. The van der Waals surface area contributed by atoms with Gasteiger partial charge < -0.3 is 10.0 Å². The maximum Gasteiger partial charge on any atom is 0.310 e. The molecule has 5 aliphatic rings. The van der Waals surface area contributed by atoms with E-state index in [2.05, 4.69) is 40.6 Å². The van der Waals surface area contributed by atoms with E-state index in [0.717, 1.165) is 72.8 Å². The molecule has 0 saturated heterocycles. The number of hydrogen-bond acceptors (Lipinski definition) is 4. The third kappa shape index (κ3) is 4.89. The van der Waals surface area contributed by atoms with Gasteiger partial charge in [0.05, 0.1) is 10.9 Å². The Bertz CT molecular complexity index is 1570. The number of aliphatic carboxylic acids is 1. The van der Waals surface area contributed by atoms with E-state index in [9.17, 15) is 14.7 Å². The van der Waals surface area contributed by atoms with Gasteiger partial charge in [0.25, 0.3) is 5.91 Å². The second kappa shape index (κ2) is 10.5. The van der Waals surface area contributed by atoms with Crippen molar-refractivity contribution in [1.82, 2.24) is 19.9 Å². The van der Waals surface area contributed by atoms with Gasteiger partial charge in [0.15, 0.2) is 0 Å². The molecule has 1 aromatic heterocycles. The summed E-state index contributed by atoms with van der Waals surface area (Å²) in [5.74, 6) is -1.22. The minimum atomic E-state index is -1.07. The van der Waals surface area contributed by atoms with Crippen LogP contribution in [0.15, 0.2) is 60.7 Å². The lowest BCUT2D eigenvalue weighted by atomic mass is 9.70. The Morgan fingerprint density at radius 1 is 0.875 bits per heavy atom. The summed E-state index contributed by atoms with van der Waals surface area (Å²) >= 11 is 0. The van der Waals surface area contributed by atoms with Crippen molar-refractivity contribution in [3.8, 4) is 0 Å². The molecular weight excluding hydrogens is 500 g/mol. The number of nitrogens with zero attached hydrogens (tertiary/aromatic N) is 4. The van der Waals surface area contributed by atoms with Crippen LogP contribution in [0.4, 0.5) is 0 Å². The first kappa shape index (κ1) is 26.2. The Balaban J connectivity index is 1.43. The highest BCUT2D eigenvalue weighted by Crippen LogP contribution is 2.43. The van der Waals surface area contributed by atoms with Crippen LogP contribution in [0.25, 0.3) is 11.0 Å². The lowest BCUT2D eigenvalue weighted by Gasteiger charge is -2.34. The second-order valence-corrected chi connectivity index (χ2v) is 11.9. The number of amides is 1. The molecule has 7 heteroatoms. The Hall–Kier alpha value is -4.00. The fourth-order valence-electron chi connectivity index (χ4n) is 6.35. The molecule has 0 radical (unpaired) electrons. The van der Waals surface area contributed by atoms with Gasteiger partial charge in [-0.05, 0) is 91.6 Å². The highest BCUT2D eigenvalue weighted by Gasteiger charge is 2.39. The molecule has 0 aliphatic carbocycles. The predicted octanol–water partition coefficient (Wildman–Crippen LogP) is 5.99. The smallest absolute Gasteiger partial charge is 0.310 e. The minimum Gasteiger partial charge on any atom is -0.481 e. The molecule has 3 aromatic carbocycles. The van der Waals surface area contributed by atoms with Crippen LogP contribution >= 0.6 is 0 Å². The largest absolute Gasteiger partial charge is 0.481 e. The maximum absolute atomic E-state index is 13.4. The van der Waals surface area contributed by atoms with Gasteiger partial charge in [-0.15, -0.1) is 5.10 Å². The lowest BCUT2D eigenvalue weighted by molar-refractivity contribution is -0.147. The third-order valence-electron chi connectivity index (χ3n) is 8.79. The van der Waals surface area contributed by atoms with Crippen LogP contribution in [-0.4, -0.2) is 43.4 Å². The average Bonchev–Trinajstić information content (AvgIpc) is 3.36. The fraction of sp³-hybridized carbons (Fsp3) is 0.394. The third-order valence-corrected chi connectivity index (χ3v) is 8.79. The van der Waals surface area contributed by atoms with Crippen LogP contribution in [0, 0.1) is 5.41 Å². The van der Waals surface area contributed by atoms with E-state index >= 15 is 0 Å². The molecule has 9 rings (SSSR count). The van der Waals surface area contributed by atoms with Gasteiger partial charge >= 0.3 is 5.97 Å². The van der Waals surface area contributed by atoms with Gasteiger partial charge in [0.1, 0.15) is 5.52 Å². The van der Waals surface area contributed by atoms with E-state index in [0.29, 0.717) is 18.7 Å². The van der Waals surface area contributed by atoms with Crippen molar-refractivity contribution in [1.29, 1.82) is 0 Å². The molecule has 6 heterocycles. The van der Waals surface area contributed by atoms with Crippen molar-refractivity contribution in [2.24, 2.45) is 5.41 Å². The summed E-state index contributed by atoms with van der Waals surface area (Å²) < 4.78 is 1.96. The molecule has 0 fully saturated rings. The van der Waals surface area contributed by atoms with E-state index in [1.54, 1.807) is 13.8 Å². The van der Waals surface area contributed by atoms with Gasteiger partial charge in [0, 0.05) is 31.1 Å². The van der Waals surface area contributed by atoms with Crippen LogP contribution in [-0.2, 0) is 30.7 Å². The van der Waals surface area contributed by atoms with Crippen LogP contribution in [0.5, 0.6) is 0 Å². The first-order valence-electron chi connectivity index (χ1n) is 14.4. The number of carbonyl (C=O) groups excluding carboxylic acids is 1. The topological polar surface area (TPSA) is 88.3 Å². The number of aryl methyl sites for hydroxylation is 2. The number of carbonyl (C=O) groups is 2. The Kier molecular flexibility index (Phi) is 6.90. The SMILES string of the molecule is CC(C)(C(=O)O)C1c2ccc3c(c2)CN(CC3)C(=O)c2ccc(cc2)CCCCCCn2nnc3cc1ccc32. The van der Waals surface area contributed by atoms with Crippen LogP contribution < -0.4 is 0 Å². The standard InChI is InChI=1S/C33H36N4O3/c1-33(2,32(39)40)30-25-13-12-23-16-18-36(21-27(23)19-25)31(38)24-10-8-22(9-11-24)7-5-3-4-6-17-37-29-15-14-26(30)20-28(29)34-35-37/h8-15,19-20,30H,3-7,16-18,21H2,1-2H3,(H,39,40). The Morgan fingerprint density at radius 3 is 2.42 bits per heavy atom. The van der Waals surface area contributed by atoms with Gasteiger partial charge in [0.2, 0.25) is 0 Å². The minimum absolute atomic E-state index is 0.0423. The molecule has 1 unspecified atom stereocenters. The molecule has 1 atom stereocenters. The van der Waals surface area contributed by atoms with Crippen molar-refractivity contribution in [3.63, 3.8) is 0 Å². The fourth-order valence-corrected chi connectivity index (χ4v) is 6.35. The summed E-state index contributed by atoms with van der Waals surface area (Å²) in [6.45, 7) is 5.55. The summed E-state index contributed by atoms with van der Waals surface area (Å²) in [5, 5.41) is 19.2. The van der Waals surface area contributed by atoms with Crippen molar-refractivity contribution >= 4 is 22.9 Å². The zero-order chi connectivity index (χ0) is 27.9. The van der Waals surface area contributed by atoms with Crippen LogP contribution in [0.3, 0.4) is 0 Å². The van der Waals surface area contributed by atoms with Crippen molar-refractivity contribution in [3.05, 3.63) is 94.0 Å². The summed E-state index contributed by atoms with van der Waals surface area (Å²) in [5.41, 5.74) is 6.78. The maximum atomic E-state index is 13.4. The van der Waals surface area contributed by atoms with E-state index in [1.165, 1.54) is 11.1 Å². The zero-order valence-electron chi connectivity index (χ0n) is 23.3. The van der Waals surface area contributed by atoms with Gasteiger partial charge in [-0.2, -0.15) is 0 Å². The molecule has 9 bridgehead atoms. The number of hydrogen-bond donors (Lipinski definition) is 1. The van der Waals surface area contributed by atoms with E-state index in [1.807, 2.05) is 39.9 Å². The Labute approximate surface area is 234 Å². The van der Waals surface area contributed by atoms with Gasteiger partial charge in [-0.25, -0.2) is 4.68 Å². The normalized spacial score (nSPS) is 18.3. The first-order valence-corrected chi connectivity index (χ1v) is 14.4. The molecule has 4 aromatic rings. The van der Waals surface area contributed by atoms with Gasteiger partial charge in [-0.3, -0.25) is 9.59 Å². The summed E-state index contributed by atoms with van der Waals surface area (Å²) in [6.07, 6.45) is 6.17. The molecule has 0 saturated carbocycles. The Morgan fingerprint density at radius 2 is 1.62 bits per heavy atom. The monoisotopic (exact) mass is 536 g/mol. The van der Waals surface area contributed by atoms with E-state index in [4.69, 9.17) is 0 Å². The predicted molar refractivity (Wildman–Crippen MR) is 154 cm³/mol. The number of rotatable bonds is 2. The van der Waals surface area contributed by atoms with Crippen LogP contribution in [0.2, 0.25) is 0 Å². The van der Waals surface area contributed by atoms with E-state index < -0.39 is 17.3 Å². The van der Waals surface area contributed by atoms with E-state index in [-0.39, 0.29) is 5.91 Å². The number of carboxylic acid groups (broad SMARTS) is 1. The highest BCUT2D eigenvalue weighted by atomic mass is 16.4. The molecule has 0 spiro atoms. The molecule has 206 valence electrons. The molecule has 1 N–H and O–H groups in total. The molecular formula is C33H36N4O3. The van der Waals surface area contributed by atoms with Crippen molar-refractivity contribution in [2.75, 3.05) is 6.54 Å². The number of aromatic nitrogens is 3. The highest BCUT2D eigenvalue weighted by molar-refractivity contribution is 5.94. The molecule has 5 aliphatic heterocycles. The summed E-state index contributed by atoms with van der Waals surface area (Å²) in [7, 11) is 0. The zero-order valence-corrected chi connectivity index (χ0v) is 23.3. The molecule has 7 nitrogen and oxygen atoms in total. The molecule has 1 amide bonds. The van der Waals surface area contributed by atoms with Gasteiger partial charge in [-0.1, -0.05) is 54.5 Å². The summed E-state index contributed by atoms with van der Waals surface area (Å²) in [4.78, 5) is 27.9. The van der Waals surface area contributed by atoms with Crippen LogP contribution in [0.1, 0.15) is 83.6 Å². The quantitative estimate of drug-likeness (QED) is 0.340. The second-order valence-electron chi connectivity index (χ2n) is 11.9.